The zero-order valence-corrected chi connectivity index (χ0v) is 15.2. The molecule has 0 rings (SSSR count). The summed E-state index contributed by atoms with van der Waals surface area (Å²) >= 11 is 0. The monoisotopic (exact) mass is 343 g/mol. The lowest BCUT2D eigenvalue weighted by Gasteiger charge is -2.35. The molecule has 0 fully saturated rings. The molecule has 0 spiro atoms. The first-order chi connectivity index (χ1) is 11.1. The van der Waals surface area contributed by atoms with Gasteiger partial charge in [0.15, 0.2) is 0 Å². The topological polar surface area (TPSA) is 93.1 Å². The first kappa shape index (κ1) is 21.9. The Kier molecular flexibility index (Phi) is 9.10. The molecule has 138 valence electrons. The number of hydrogen-bond acceptors (Lipinski definition) is 5. The summed E-state index contributed by atoms with van der Waals surface area (Å²) in [7, 11) is 1.23. The Balaban J connectivity index is 5.42. The summed E-state index contributed by atoms with van der Waals surface area (Å²) in [6.07, 6.45) is 1.44. The van der Waals surface area contributed by atoms with E-state index >= 15 is 0 Å². The molecular weight excluding hydrogens is 314 g/mol. The van der Waals surface area contributed by atoms with Gasteiger partial charge in [0.2, 0.25) is 0 Å². The first-order valence-electron chi connectivity index (χ1n) is 7.92. The van der Waals surface area contributed by atoms with E-state index in [1.54, 1.807) is 0 Å². The van der Waals surface area contributed by atoms with Gasteiger partial charge < -0.3 is 14.6 Å². The maximum Gasteiger partial charge on any atom is 0.410 e. The lowest BCUT2D eigenvalue weighted by molar-refractivity contribution is -0.146. The van der Waals surface area contributed by atoms with Gasteiger partial charge in [-0.2, -0.15) is 0 Å². The fourth-order valence-corrected chi connectivity index (χ4v) is 2.37. The van der Waals surface area contributed by atoms with Gasteiger partial charge in [0.1, 0.15) is 13.2 Å². The predicted molar refractivity (Wildman–Crippen MR) is 89.5 cm³/mol. The fourth-order valence-electron chi connectivity index (χ4n) is 2.37. The van der Waals surface area contributed by atoms with E-state index in [4.69, 9.17) is 4.74 Å². The molecule has 0 aliphatic rings. The molecule has 0 aliphatic heterocycles. The highest BCUT2D eigenvalue weighted by molar-refractivity contribution is 5.78. The molecular formula is C17H29NO6. The maximum atomic E-state index is 12.3. The highest BCUT2D eigenvalue weighted by Gasteiger charge is 2.36. The molecule has 0 saturated carbocycles. The van der Waals surface area contributed by atoms with Crippen molar-refractivity contribution in [1.29, 1.82) is 0 Å². The molecule has 0 aromatic heterocycles. The number of ether oxygens (including phenoxy) is 2. The van der Waals surface area contributed by atoms with Crippen molar-refractivity contribution in [2.45, 2.75) is 46.6 Å². The van der Waals surface area contributed by atoms with Gasteiger partial charge in [-0.1, -0.05) is 40.3 Å². The van der Waals surface area contributed by atoms with E-state index in [0.29, 0.717) is 6.42 Å². The summed E-state index contributed by atoms with van der Waals surface area (Å²) in [5.74, 6) is -2.19. The summed E-state index contributed by atoms with van der Waals surface area (Å²) in [6.45, 7) is 10.5. The number of hydrogen-bond donors (Lipinski definition) is 1. The van der Waals surface area contributed by atoms with Crippen LogP contribution in [-0.4, -0.2) is 54.3 Å². The fraction of sp³-hybridized carbons (Fsp3) is 0.706. The first-order valence-corrected chi connectivity index (χ1v) is 7.92. The molecule has 0 aliphatic carbocycles. The number of carboxylic acid groups (broad SMARTS) is 1. The molecule has 1 N–H and O–H groups in total. The van der Waals surface area contributed by atoms with Crippen LogP contribution in [0.15, 0.2) is 12.7 Å². The summed E-state index contributed by atoms with van der Waals surface area (Å²) in [4.78, 5) is 36.7. The van der Waals surface area contributed by atoms with Gasteiger partial charge in [-0.15, -0.1) is 0 Å². The van der Waals surface area contributed by atoms with Crippen molar-refractivity contribution < 1.29 is 29.0 Å². The summed E-state index contributed by atoms with van der Waals surface area (Å²) in [6, 6.07) is -0.457. The summed E-state index contributed by atoms with van der Waals surface area (Å²) in [5.41, 5.74) is -0.485. The number of carbonyl (C=O) groups is 3. The Morgan fingerprint density at radius 2 is 1.88 bits per heavy atom. The van der Waals surface area contributed by atoms with Gasteiger partial charge in [-0.25, -0.2) is 4.79 Å². The minimum atomic E-state index is -0.932. The van der Waals surface area contributed by atoms with Gasteiger partial charge in [0.05, 0.1) is 13.0 Å². The molecule has 7 heteroatoms. The van der Waals surface area contributed by atoms with Crippen LogP contribution in [-0.2, 0) is 19.1 Å². The van der Waals surface area contributed by atoms with Gasteiger partial charge in [-0.3, -0.25) is 14.5 Å². The SMILES string of the molecule is C=CCOC(=O)N(CC(=O)OC)[C@H](CC)CC(C(=O)O)C(C)(C)C. The normalized spacial score (nSPS) is 13.5. The second-order valence-electron chi connectivity index (χ2n) is 6.62. The average Bonchev–Trinajstić information content (AvgIpc) is 2.49. The quantitative estimate of drug-likeness (QED) is 0.511. The number of esters is 1. The number of carbonyl (C=O) groups excluding carboxylic acids is 2. The molecule has 0 heterocycles. The standard InChI is InChI=1S/C17H29NO6/c1-7-9-24-16(22)18(11-14(19)23-6)12(8-2)10-13(15(20)21)17(3,4)5/h7,12-13H,1,8-11H2,2-6H3,(H,20,21)/t12-,13?/m1/s1. The van der Waals surface area contributed by atoms with Crippen molar-refractivity contribution in [2.75, 3.05) is 20.3 Å². The number of amides is 1. The van der Waals surface area contributed by atoms with Crippen LogP contribution in [0.3, 0.4) is 0 Å². The third kappa shape index (κ3) is 7.02. The second kappa shape index (κ2) is 9.95. The largest absolute Gasteiger partial charge is 0.481 e. The highest BCUT2D eigenvalue weighted by Crippen LogP contribution is 2.32. The molecule has 2 atom stereocenters. The highest BCUT2D eigenvalue weighted by atomic mass is 16.6. The van der Waals surface area contributed by atoms with E-state index in [1.807, 2.05) is 27.7 Å². The number of methoxy groups -OCH3 is 1. The molecule has 24 heavy (non-hydrogen) atoms. The van der Waals surface area contributed by atoms with Crippen LogP contribution >= 0.6 is 0 Å². The van der Waals surface area contributed by atoms with Crippen LogP contribution in [0, 0.1) is 11.3 Å². The number of rotatable bonds is 9. The van der Waals surface area contributed by atoms with Crippen LogP contribution in [0.1, 0.15) is 40.5 Å². The Labute approximate surface area is 143 Å². The predicted octanol–water partition coefficient (Wildman–Crippen LogP) is 2.70. The van der Waals surface area contributed by atoms with Crippen molar-refractivity contribution in [2.24, 2.45) is 11.3 Å². The third-order valence-corrected chi connectivity index (χ3v) is 3.85. The molecule has 0 aromatic rings. The van der Waals surface area contributed by atoms with E-state index in [2.05, 4.69) is 11.3 Å². The number of aliphatic carboxylic acids is 1. The van der Waals surface area contributed by atoms with Gasteiger partial charge in [0.25, 0.3) is 0 Å². The zero-order chi connectivity index (χ0) is 18.9. The molecule has 0 aromatic carbocycles. The summed E-state index contributed by atoms with van der Waals surface area (Å²) < 4.78 is 9.65. The van der Waals surface area contributed by atoms with Gasteiger partial charge in [-0.05, 0) is 18.3 Å². The summed E-state index contributed by atoms with van der Waals surface area (Å²) in [5, 5.41) is 9.50. The van der Waals surface area contributed by atoms with Crippen LogP contribution < -0.4 is 0 Å². The second-order valence-corrected chi connectivity index (χ2v) is 6.62. The Morgan fingerprint density at radius 3 is 2.25 bits per heavy atom. The molecule has 7 nitrogen and oxygen atoms in total. The lowest BCUT2D eigenvalue weighted by Crippen LogP contribution is -2.46. The van der Waals surface area contributed by atoms with Crippen LogP contribution in [0.25, 0.3) is 0 Å². The van der Waals surface area contributed by atoms with Crippen LogP contribution in [0.5, 0.6) is 0 Å². The van der Waals surface area contributed by atoms with Crippen molar-refractivity contribution in [3.63, 3.8) is 0 Å². The Morgan fingerprint density at radius 1 is 1.29 bits per heavy atom. The smallest absolute Gasteiger partial charge is 0.410 e. The van der Waals surface area contributed by atoms with E-state index in [-0.39, 0.29) is 19.6 Å². The Bertz CT molecular complexity index is 454. The van der Waals surface area contributed by atoms with Crippen LogP contribution in [0.4, 0.5) is 4.79 Å². The van der Waals surface area contributed by atoms with E-state index < -0.39 is 35.4 Å². The van der Waals surface area contributed by atoms with Gasteiger partial charge in [0, 0.05) is 6.04 Å². The zero-order valence-electron chi connectivity index (χ0n) is 15.2. The van der Waals surface area contributed by atoms with Crippen molar-refractivity contribution in [3.05, 3.63) is 12.7 Å². The molecule has 1 unspecified atom stereocenters. The minimum absolute atomic E-state index is 0.00850. The van der Waals surface area contributed by atoms with Crippen molar-refractivity contribution in [1.82, 2.24) is 4.90 Å². The molecule has 0 saturated heterocycles. The average molecular weight is 343 g/mol. The van der Waals surface area contributed by atoms with Gasteiger partial charge >= 0.3 is 18.0 Å². The maximum absolute atomic E-state index is 12.3. The molecule has 1 amide bonds. The number of nitrogens with zero attached hydrogens (tertiary/aromatic N) is 1. The Hall–Kier alpha value is -2.05. The molecule has 0 radical (unpaired) electrons. The van der Waals surface area contributed by atoms with Crippen LogP contribution in [0.2, 0.25) is 0 Å². The van der Waals surface area contributed by atoms with E-state index in [0.717, 1.165) is 0 Å². The molecule has 0 bridgehead atoms. The lowest BCUT2D eigenvalue weighted by atomic mass is 9.76. The number of carboxylic acids is 1. The van der Waals surface area contributed by atoms with E-state index in [1.165, 1.54) is 18.1 Å². The van der Waals surface area contributed by atoms with E-state index in [9.17, 15) is 19.5 Å². The van der Waals surface area contributed by atoms with Crippen molar-refractivity contribution in [3.8, 4) is 0 Å². The minimum Gasteiger partial charge on any atom is -0.481 e. The van der Waals surface area contributed by atoms with Crippen molar-refractivity contribution >= 4 is 18.0 Å². The third-order valence-electron chi connectivity index (χ3n) is 3.85.